The molecule has 0 amide bonds. The van der Waals surface area contributed by atoms with Gasteiger partial charge in [-0.15, -0.1) is 0 Å². The smallest absolute Gasteiger partial charge is 0.266 e. The maximum atomic E-state index is 14.7. The second-order valence-electron chi connectivity index (χ2n) is 8.43. The Kier molecular flexibility index (Phi) is 5.74. The van der Waals surface area contributed by atoms with Crippen LogP contribution in [0.3, 0.4) is 0 Å². The highest BCUT2D eigenvalue weighted by molar-refractivity contribution is 5.94. The van der Waals surface area contributed by atoms with Crippen molar-refractivity contribution in [2.24, 2.45) is 0 Å². The van der Waals surface area contributed by atoms with E-state index in [9.17, 15) is 13.2 Å². The van der Waals surface area contributed by atoms with Gasteiger partial charge in [-0.25, -0.2) is 23.1 Å². The zero-order chi connectivity index (χ0) is 23.1. The molecule has 3 heterocycles. The molecule has 0 radical (unpaired) electrons. The summed E-state index contributed by atoms with van der Waals surface area (Å²) in [5.74, 6) is 0.910. The third-order valence-electron chi connectivity index (χ3n) is 6.25. The van der Waals surface area contributed by atoms with E-state index in [4.69, 9.17) is 9.47 Å². The van der Waals surface area contributed by atoms with E-state index in [1.54, 1.807) is 13.8 Å². The number of fused-ring (bicyclic) bond motifs is 2. The van der Waals surface area contributed by atoms with Gasteiger partial charge in [-0.1, -0.05) is 18.2 Å². The summed E-state index contributed by atoms with van der Waals surface area (Å²) >= 11 is 0. The van der Waals surface area contributed by atoms with Crippen LogP contribution < -0.4 is 15.0 Å². The van der Waals surface area contributed by atoms with E-state index in [-0.39, 0.29) is 11.6 Å². The first kappa shape index (κ1) is 21.8. The Hall–Kier alpha value is -3.07. The van der Waals surface area contributed by atoms with Crippen LogP contribution in [0.2, 0.25) is 0 Å². The predicted octanol–water partition coefficient (Wildman–Crippen LogP) is 5.18. The first-order chi connectivity index (χ1) is 15.9. The Morgan fingerprint density at radius 3 is 2.73 bits per heavy atom. The largest absolute Gasteiger partial charge is 0.489 e. The Morgan fingerprint density at radius 1 is 1.15 bits per heavy atom. The van der Waals surface area contributed by atoms with E-state index < -0.39 is 23.8 Å². The summed E-state index contributed by atoms with van der Waals surface area (Å²) in [6, 6.07) is 7.63. The molecule has 0 spiro atoms. The molecule has 1 unspecified atom stereocenters. The van der Waals surface area contributed by atoms with Gasteiger partial charge in [-0.3, -0.25) is 0 Å². The lowest BCUT2D eigenvalue weighted by atomic mass is 10.0. The maximum Gasteiger partial charge on any atom is 0.266 e. The average molecular weight is 458 g/mol. The predicted molar refractivity (Wildman–Crippen MR) is 120 cm³/mol. The molecule has 1 fully saturated rings. The number of rotatable bonds is 5. The summed E-state index contributed by atoms with van der Waals surface area (Å²) in [6.45, 7) is 6.24. The number of hydrogen-bond acceptors (Lipinski definition) is 6. The minimum Gasteiger partial charge on any atom is -0.489 e. The second-order valence-corrected chi connectivity index (χ2v) is 8.43. The zero-order valence-corrected chi connectivity index (χ0v) is 18.4. The Labute approximate surface area is 189 Å². The Bertz CT molecular complexity index is 1180. The molecule has 0 aliphatic carbocycles. The van der Waals surface area contributed by atoms with E-state index >= 15 is 0 Å². The van der Waals surface area contributed by atoms with Crippen LogP contribution in [0.5, 0.6) is 5.75 Å². The van der Waals surface area contributed by atoms with Crippen LogP contribution in [0.4, 0.5) is 24.7 Å². The summed E-state index contributed by atoms with van der Waals surface area (Å²) < 4.78 is 52.6. The van der Waals surface area contributed by atoms with Crippen LogP contribution in [0.1, 0.15) is 42.8 Å². The zero-order valence-electron chi connectivity index (χ0n) is 18.4. The van der Waals surface area contributed by atoms with Crippen molar-refractivity contribution in [2.75, 3.05) is 36.6 Å². The molecule has 5 rings (SSSR count). The molecule has 0 saturated carbocycles. The molecule has 3 aromatic rings. The van der Waals surface area contributed by atoms with Gasteiger partial charge in [0.2, 0.25) is 0 Å². The molecule has 2 atom stereocenters. The first-order valence-corrected chi connectivity index (χ1v) is 11.0. The number of ether oxygens (including phenoxy) is 2. The summed E-state index contributed by atoms with van der Waals surface area (Å²) in [5.41, 5.74) is 1.19. The van der Waals surface area contributed by atoms with Gasteiger partial charge in [0.15, 0.2) is 0 Å². The van der Waals surface area contributed by atoms with Crippen LogP contribution in [-0.4, -0.2) is 42.4 Å². The Balaban J connectivity index is 1.54. The number of nitrogens with one attached hydrogen (secondary N) is 1. The third-order valence-corrected chi connectivity index (χ3v) is 6.25. The normalized spacial score (nSPS) is 19.0. The number of nitrogens with zero attached hydrogens (tertiary/aromatic N) is 3. The first-order valence-electron chi connectivity index (χ1n) is 11.0. The van der Waals surface area contributed by atoms with Gasteiger partial charge in [0.1, 0.15) is 29.8 Å². The molecule has 2 aliphatic heterocycles. The molecule has 2 aliphatic rings. The van der Waals surface area contributed by atoms with Crippen molar-refractivity contribution in [3.63, 3.8) is 0 Å². The number of aromatic nitrogens is 2. The van der Waals surface area contributed by atoms with E-state index in [0.29, 0.717) is 30.4 Å². The van der Waals surface area contributed by atoms with Crippen LogP contribution in [-0.2, 0) is 4.74 Å². The van der Waals surface area contributed by atoms with Gasteiger partial charge in [-0.2, -0.15) is 0 Å². The minimum absolute atomic E-state index is 0.156. The quantitative estimate of drug-likeness (QED) is 0.569. The SMILES string of the molecule is Cc1nc(N[C@H](C)c2cccc(C(F)F)c2F)c2cc3c(cc2n1)OCCN3C1CCOC1. The van der Waals surface area contributed by atoms with Crippen LogP contribution in [0, 0.1) is 12.7 Å². The molecule has 6 nitrogen and oxygen atoms in total. The molecular formula is C24H25F3N4O2. The van der Waals surface area contributed by atoms with E-state index in [1.165, 1.54) is 12.1 Å². The fourth-order valence-corrected chi connectivity index (χ4v) is 4.59. The number of benzene rings is 2. The minimum atomic E-state index is -2.88. The molecule has 33 heavy (non-hydrogen) atoms. The Morgan fingerprint density at radius 2 is 1.97 bits per heavy atom. The molecule has 2 aromatic carbocycles. The van der Waals surface area contributed by atoms with Gasteiger partial charge in [-0.05, 0) is 26.3 Å². The van der Waals surface area contributed by atoms with Gasteiger partial charge in [0.05, 0.1) is 42.0 Å². The van der Waals surface area contributed by atoms with Crippen molar-refractivity contribution in [1.82, 2.24) is 9.97 Å². The standard InChI is InChI=1S/C24H25F3N4O2/c1-13(16-4-3-5-17(22(16)25)23(26)27)28-24-18-10-20-21(11-19(18)29-14(2)30-24)33-9-7-31(20)15-6-8-32-12-15/h3-5,10-11,13,15,23H,6-9,12H2,1-2H3,(H,28,29,30)/t13-,15?/m1/s1. The van der Waals surface area contributed by atoms with Gasteiger partial charge in [0.25, 0.3) is 6.43 Å². The second kappa shape index (κ2) is 8.70. The van der Waals surface area contributed by atoms with Crippen molar-refractivity contribution in [3.05, 3.63) is 53.1 Å². The number of halogens is 3. The summed E-state index contributed by atoms with van der Waals surface area (Å²) in [7, 11) is 0. The molecule has 9 heteroatoms. The van der Waals surface area contributed by atoms with Crippen molar-refractivity contribution in [2.45, 2.75) is 38.8 Å². The highest BCUT2D eigenvalue weighted by Crippen LogP contribution is 2.39. The maximum absolute atomic E-state index is 14.7. The highest BCUT2D eigenvalue weighted by atomic mass is 19.3. The van der Waals surface area contributed by atoms with Crippen LogP contribution in [0.15, 0.2) is 30.3 Å². The van der Waals surface area contributed by atoms with Crippen LogP contribution in [0.25, 0.3) is 10.9 Å². The summed E-state index contributed by atoms with van der Waals surface area (Å²) in [6.07, 6.45) is -1.93. The van der Waals surface area contributed by atoms with Crippen LogP contribution >= 0.6 is 0 Å². The summed E-state index contributed by atoms with van der Waals surface area (Å²) in [5, 5.41) is 3.98. The van der Waals surface area contributed by atoms with Crippen molar-refractivity contribution in [1.29, 1.82) is 0 Å². The van der Waals surface area contributed by atoms with E-state index in [1.807, 2.05) is 12.1 Å². The van der Waals surface area contributed by atoms with E-state index in [0.717, 1.165) is 42.5 Å². The van der Waals surface area contributed by atoms with Crippen molar-refractivity contribution in [3.8, 4) is 5.75 Å². The number of aryl methyl sites for hydroxylation is 1. The van der Waals surface area contributed by atoms with Gasteiger partial charge >= 0.3 is 0 Å². The monoisotopic (exact) mass is 458 g/mol. The fraction of sp³-hybridized carbons (Fsp3) is 0.417. The number of hydrogen-bond donors (Lipinski definition) is 1. The topological polar surface area (TPSA) is 59.5 Å². The molecule has 174 valence electrons. The number of alkyl halides is 2. The molecule has 1 N–H and O–H groups in total. The average Bonchev–Trinajstić information content (AvgIpc) is 3.32. The lowest BCUT2D eigenvalue weighted by Crippen LogP contribution is -2.41. The number of anilines is 2. The third kappa shape index (κ3) is 4.06. The fourth-order valence-electron chi connectivity index (χ4n) is 4.59. The van der Waals surface area contributed by atoms with Crippen molar-refractivity contribution < 1.29 is 22.6 Å². The van der Waals surface area contributed by atoms with Gasteiger partial charge < -0.3 is 19.7 Å². The molecule has 1 saturated heterocycles. The van der Waals surface area contributed by atoms with E-state index in [2.05, 4.69) is 20.2 Å². The highest BCUT2D eigenvalue weighted by Gasteiger charge is 2.29. The lowest BCUT2D eigenvalue weighted by molar-refractivity contribution is 0.146. The lowest BCUT2D eigenvalue weighted by Gasteiger charge is -2.35. The molecular weight excluding hydrogens is 433 g/mol. The molecule has 1 aromatic heterocycles. The van der Waals surface area contributed by atoms with Crippen molar-refractivity contribution >= 4 is 22.4 Å². The molecule has 0 bridgehead atoms. The summed E-state index contributed by atoms with van der Waals surface area (Å²) in [4.78, 5) is 11.4. The van der Waals surface area contributed by atoms with Gasteiger partial charge in [0, 0.05) is 23.6 Å².